The van der Waals surface area contributed by atoms with Crippen LogP contribution in [0.2, 0.25) is 5.02 Å². The van der Waals surface area contributed by atoms with E-state index in [0.717, 1.165) is 69.0 Å². The fraction of sp³-hybridized carbons (Fsp3) is 0.600. The monoisotopic (exact) mass is 535 g/mol. The normalized spacial score (nSPS) is 19.7. The fourth-order valence-corrected chi connectivity index (χ4v) is 3.65. The van der Waals surface area contributed by atoms with Crippen molar-refractivity contribution >= 4 is 53.1 Å². The summed E-state index contributed by atoms with van der Waals surface area (Å²) in [6.07, 6.45) is 1.07. The van der Waals surface area contributed by atoms with E-state index in [1.807, 2.05) is 18.2 Å². The number of guanidine groups is 1. The number of para-hydroxylation sites is 1. The van der Waals surface area contributed by atoms with Gasteiger partial charge in [-0.25, -0.2) is 4.99 Å². The molecule has 9 heteroatoms. The standard InChI is InChI=1S/C20H30ClN5O2.HI/c1-24(2)19(27)14-23-20(22-13-16-7-12-28-15-16)26-10-8-25(9-11-26)18-6-4-3-5-17(18)21;/h3-6,16H,7-15H2,1-2H3,(H,22,23);1H. The minimum Gasteiger partial charge on any atom is -0.381 e. The highest BCUT2D eigenvalue weighted by atomic mass is 127. The van der Waals surface area contributed by atoms with Gasteiger partial charge in [-0.05, 0) is 18.6 Å². The molecule has 0 spiro atoms. The summed E-state index contributed by atoms with van der Waals surface area (Å²) in [5, 5.41) is 4.25. The smallest absolute Gasteiger partial charge is 0.243 e. The molecule has 0 aliphatic carbocycles. The third-order valence-electron chi connectivity index (χ3n) is 5.21. The number of hydrogen-bond donors (Lipinski definition) is 1. The summed E-state index contributed by atoms with van der Waals surface area (Å²) in [5.74, 6) is 1.30. The Morgan fingerprint density at radius 1 is 1.28 bits per heavy atom. The SMILES string of the molecule is CN(C)C(=O)CN=C(NCC1CCOC1)N1CCN(c2ccccc2Cl)CC1.I. The van der Waals surface area contributed by atoms with Crippen molar-refractivity contribution in [2.45, 2.75) is 6.42 Å². The summed E-state index contributed by atoms with van der Waals surface area (Å²) in [6.45, 7) is 5.96. The molecule has 0 bridgehead atoms. The summed E-state index contributed by atoms with van der Waals surface area (Å²) in [4.78, 5) is 22.7. The van der Waals surface area contributed by atoms with Gasteiger partial charge in [0.15, 0.2) is 5.96 Å². The molecule has 1 aromatic rings. The number of nitrogens with zero attached hydrogens (tertiary/aromatic N) is 4. The van der Waals surface area contributed by atoms with E-state index in [2.05, 4.69) is 26.2 Å². The van der Waals surface area contributed by atoms with E-state index >= 15 is 0 Å². The Labute approximate surface area is 195 Å². The van der Waals surface area contributed by atoms with Crippen LogP contribution in [0.15, 0.2) is 29.3 Å². The Kier molecular flexibility index (Phi) is 9.78. The topological polar surface area (TPSA) is 60.4 Å². The van der Waals surface area contributed by atoms with Crippen LogP contribution in [0, 0.1) is 5.92 Å². The van der Waals surface area contributed by atoms with E-state index < -0.39 is 0 Å². The lowest BCUT2D eigenvalue weighted by atomic mass is 10.1. The van der Waals surface area contributed by atoms with Crippen molar-refractivity contribution < 1.29 is 9.53 Å². The summed E-state index contributed by atoms with van der Waals surface area (Å²) >= 11 is 6.35. The second-order valence-corrected chi connectivity index (χ2v) is 7.87. The lowest BCUT2D eigenvalue weighted by molar-refractivity contribution is -0.127. The second kappa shape index (κ2) is 11.8. The van der Waals surface area contributed by atoms with Crippen LogP contribution in [0.4, 0.5) is 5.69 Å². The van der Waals surface area contributed by atoms with Gasteiger partial charge in [0.05, 0.1) is 17.3 Å². The van der Waals surface area contributed by atoms with Gasteiger partial charge < -0.3 is 24.8 Å². The quantitative estimate of drug-likeness (QED) is 0.356. The molecule has 0 aromatic heterocycles. The van der Waals surface area contributed by atoms with Crippen molar-refractivity contribution in [2.24, 2.45) is 10.9 Å². The molecule has 7 nitrogen and oxygen atoms in total. The Morgan fingerprint density at radius 2 is 2.00 bits per heavy atom. The summed E-state index contributed by atoms with van der Waals surface area (Å²) in [6, 6.07) is 7.94. The number of rotatable bonds is 5. The molecule has 29 heavy (non-hydrogen) atoms. The van der Waals surface area contributed by atoms with Gasteiger partial charge in [0.25, 0.3) is 0 Å². The van der Waals surface area contributed by atoms with Crippen LogP contribution in [0.5, 0.6) is 0 Å². The Morgan fingerprint density at radius 3 is 2.62 bits per heavy atom. The molecular formula is C20H31ClIN5O2. The molecular weight excluding hydrogens is 505 g/mol. The number of likely N-dealkylation sites (N-methyl/N-ethyl adjacent to an activating group) is 1. The number of anilines is 1. The van der Waals surface area contributed by atoms with E-state index in [-0.39, 0.29) is 36.4 Å². The molecule has 2 heterocycles. The van der Waals surface area contributed by atoms with Crippen molar-refractivity contribution in [3.05, 3.63) is 29.3 Å². The lowest BCUT2D eigenvalue weighted by Gasteiger charge is -2.38. The van der Waals surface area contributed by atoms with Crippen molar-refractivity contribution in [1.29, 1.82) is 0 Å². The van der Waals surface area contributed by atoms with E-state index in [1.165, 1.54) is 0 Å². The molecule has 1 aromatic carbocycles. The number of nitrogens with one attached hydrogen (secondary N) is 1. The molecule has 1 unspecified atom stereocenters. The number of ether oxygens (including phenoxy) is 1. The minimum absolute atomic E-state index is 0. The van der Waals surface area contributed by atoms with Crippen molar-refractivity contribution in [3.8, 4) is 0 Å². The van der Waals surface area contributed by atoms with Gasteiger partial charge in [-0.2, -0.15) is 0 Å². The zero-order valence-corrected chi connectivity index (χ0v) is 20.2. The van der Waals surface area contributed by atoms with Crippen LogP contribution in [0.3, 0.4) is 0 Å². The van der Waals surface area contributed by atoms with Crippen LogP contribution >= 0.6 is 35.6 Å². The van der Waals surface area contributed by atoms with Gasteiger partial charge in [-0.3, -0.25) is 4.79 Å². The molecule has 0 saturated carbocycles. The molecule has 0 radical (unpaired) electrons. The van der Waals surface area contributed by atoms with Gasteiger partial charge in [0, 0.05) is 59.3 Å². The van der Waals surface area contributed by atoms with Gasteiger partial charge >= 0.3 is 0 Å². The predicted molar refractivity (Wildman–Crippen MR) is 129 cm³/mol. The van der Waals surface area contributed by atoms with E-state index in [4.69, 9.17) is 16.3 Å². The summed E-state index contributed by atoms with van der Waals surface area (Å²) < 4.78 is 5.47. The molecule has 1 atom stereocenters. The first kappa shape index (κ1) is 24.0. The molecule has 2 saturated heterocycles. The highest BCUT2D eigenvalue weighted by Crippen LogP contribution is 2.26. The van der Waals surface area contributed by atoms with Crippen LogP contribution in [-0.4, -0.2) is 88.2 Å². The van der Waals surface area contributed by atoms with Gasteiger partial charge in [0.1, 0.15) is 6.54 Å². The summed E-state index contributed by atoms with van der Waals surface area (Å²) in [5.41, 5.74) is 1.07. The average Bonchev–Trinajstić information content (AvgIpc) is 3.22. The third-order valence-corrected chi connectivity index (χ3v) is 5.53. The first-order valence-corrected chi connectivity index (χ1v) is 10.2. The number of amides is 1. The van der Waals surface area contributed by atoms with Crippen LogP contribution in [0.1, 0.15) is 6.42 Å². The maximum absolute atomic E-state index is 12.0. The van der Waals surface area contributed by atoms with Crippen LogP contribution < -0.4 is 10.2 Å². The Bertz CT molecular complexity index is 689. The zero-order chi connectivity index (χ0) is 19.9. The number of piperazine rings is 1. The molecule has 2 aliphatic rings. The fourth-order valence-electron chi connectivity index (χ4n) is 3.40. The lowest BCUT2D eigenvalue weighted by Crippen LogP contribution is -2.53. The second-order valence-electron chi connectivity index (χ2n) is 7.46. The maximum atomic E-state index is 12.0. The number of carbonyl (C=O) groups excluding carboxylic acids is 1. The first-order valence-electron chi connectivity index (χ1n) is 9.85. The predicted octanol–water partition coefficient (Wildman–Crippen LogP) is 2.15. The molecule has 3 rings (SSSR count). The average molecular weight is 536 g/mol. The number of hydrogen-bond acceptors (Lipinski definition) is 4. The minimum atomic E-state index is -0.00166. The Balaban J connectivity index is 0.00000300. The van der Waals surface area contributed by atoms with Gasteiger partial charge in [-0.15, -0.1) is 24.0 Å². The molecule has 1 amide bonds. The molecule has 2 fully saturated rings. The highest BCUT2D eigenvalue weighted by molar-refractivity contribution is 14.0. The van der Waals surface area contributed by atoms with E-state index in [0.29, 0.717) is 5.92 Å². The molecule has 2 aliphatic heterocycles. The maximum Gasteiger partial charge on any atom is 0.243 e. The number of benzene rings is 1. The first-order chi connectivity index (χ1) is 13.5. The number of carbonyl (C=O) groups is 1. The Hall–Kier alpha value is -1.26. The van der Waals surface area contributed by atoms with Crippen LogP contribution in [-0.2, 0) is 9.53 Å². The largest absolute Gasteiger partial charge is 0.381 e. The molecule has 1 N–H and O–H groups in total. The van der Waals surface area contributed by atoms with Gasteiger partial charge in [-0.1, -0.05) is 23.7 Å². The highest BCUT2D eigenvalue weighted by Gasteiger charge is 2.23. The zero-order valence-electron chi connectivity index (χ0n) is 17.1. The molecule has 162 valence electrons. The summed E-state index contributed by atoms with van der Waals surface area (Å²) in [7, 11) is 3.51. The van der Waals surface area contributed by atoms with Crippen LogP contribution in [0.25, 0.3) is 0 Å². The van der Waals surface area contributed by atoms with Crippen molar-refractivity contribution in [3.63, 3.8) is 0 Å². The number of aliphatic imine (C=N–C) groups is 1. The van der Waals surface area contributed by atoms with Crippen molar-refractivity contribution in [1.82, 2.24) is 15.1 Å². The number of halogens is 2. The van der Waals surface area contributed by atoms with Gasteiger partial charge in [0.2, 0.25) is 5.91 Å². The third kappa shape index (κ3) is 6.89. The van der Waals surface area contributed by atoms with Crippen molar-refractivity contribution in [2.75, 3.05) is 71.5 Å². The van der Waals surface area contributed by atoms with E-state index in [9.17, 15) is 4.79 Å². The van der Waals surface area contributed by atoms with E-state index in [1.54, 1.807) is 19.0 Å².